The quantitative estimate of drug-likeness (QED) is 0.222. The molecule has 0 nitrogen and oxygen atoms in total. The molecule has 0 spiro atoms. The molecule has 2 unspecified atom stereocenters. The van der Waals surface area contributed by atoms with Crippen LogP contribution in [0.1, 0.15) is 142 Å². The van der Waals surface area contributed by atoms with E-state index in [0.29, 0.717) is 0 Å². The van der Waals surface area contributed by atoms with Crippen molar-refractivity contribution in [2.45, 2.75) is 142 Å². The van der Waals surface area contributed by atoms with Gasteiger partial charge in [0.25, 0.3) is 0 Å². The average Bonchev–Trinajstić information content (AvgIpc) is 2.89. The second-order valence-electron chi connectivity index (χ2n) is 13.2. The van der Waals surface area contributed by atoms with Gasteiger partial charge in [0.05, 0.1) is 0 Å². The molecule has 0 saturated heterocycles. The SMILES string of the molecule is CCCCCC1CCC(C2C=CC(C3CCC(C=CC4CCC(CCC)CC4)CC3)CC2)CC1. The van der Waals surface area contributed by atoms with Crippen LogP contribution in [0.5, 0.6) is 0 Å². The van der Waals surface area contributed by atoms with E-state index in [0.717, 1.165) is 47.3 Å². The van der Waals surface area contributed by atoms with Gasteiger partial charge >= 0.3 is 0 Å². The number of unbranched alkanes of at least 4 members (excludes halogenated alkanes) is 2. The average molecular weight is 467 g/mol. The van der Waals surface area contributed by atoms with E-state index in [-0.39, 0.29) is 0 Å². The van der Waals surface area contributed by atoms with Crippen molar-refractivity contribution in [2.24, 2.45) is 47.3 Å². The first-order valence-electron chi connectivity index (χ1n) is 16.1. The summed E-state index contributed by atoms with van der Waals surface area (Å²) in [7, 11) is 0. The van der Waals surface area contributed by atoms with Gasteiger partial charge in [-0.15, -0.1) is 0 Å². The summed E-state index contributed by atoms with van der Waals surface area (Å²) in [5, 5.41) is 0. The van der Waals surface area contributed by atoms with Crippen LogP contribution in [0.4, 0.5) is 0 Å². The van der Waals surface area contributed by atoms with Crippen molar-refractivity contribution >= 4 is 0 Å². The highest BCUT2D eigenvalue weighted by molar-refractivity contribution is 5.04. The lowest BCUT2D eigenvalue weighted by Gasteiger charge is -2.38. The van der Waals surface area contributed by atoms with Gasteiger partial charge in [-0.1, -0.05) is 89.5 Å². The minimum absolute atomic E-state index is 0.887. The first-order valence-corrected chi connectivity index (χ1v) is 16.1. The molecule has 0 aromatic heterocycles. The second kappa shape index (κ2) is 14.3. The monoisotopic (exact) mass is 466 g/mol. The van der Waals surface area contributed by atoms with Gasteiger partial charge < -0.3 is 0 Å². The third kappa shape index (κ3) is 8.00. The third-order valence-electron chi connectivity index (χ3n) is 10.8. The van der Waals surface area contributed by atoms with E-state index in [2.05, 4.69) is 38.2 Å². The molecule has 0 aromatic carbocycles. The Kier molecular flexibility index (Phi) is 11.1. The molecular weight excluding hydrogens is 408 g/mol. The number of hydrogen-bond donors (Lipinski definition) is 0. The Hall–Kier alpha value is -0.520. The summed E-state index contributed by atoms with van der Waals surface area (Å²) in [4.78, 5) is 0. The van der Waals surface area contributed by atoms with E-state index >= 15 is 0 Å². The van der Waals surface area contributed by atoms with E-state index in [1.54, 1.807) is 0 Å². The van der Waals surface area contributed by atoms with E-state index in [1.165, 1.54) is 128 Å². The van der Waals surface area contributed by atoms with Gasteiger partial charge in [0.2, 0.25) is 0 Å². The molecule has 3 saturated carbocycles. The summed E-state index contributed by atoms with van der Waals surface area (Å²) in [5.74, 6) is 7.70. The molecule has 0 heterocycles. The third-order valence-corrected chi connectivity index (χ3v) is 10.8. The fourth-order valence-corrected chi connectivity index (χ4v) is 8.39. The number of rotatable bonds is 10. The molecule has 0 heteroatoms. The zero-order valence-corrected chi connectivity index (χ0v) is 23.1. The summed E-state index contributed by atoms with van der Waals surface area (Å²) in [6.45, 7) is 4.69. The lowest BCUT2D eigenvalue weighted by atomic mass is 9.67. The Morgan fingerprint density at radius 3 is 1.47 bits per heavy atom. The molecule has 0 aromatic rings. The molecule has 194 valence electrons. The van der Waals surface area contributed by atoms with Gasteiger partial charge in [0.15, 0.2) is 0 Å². The molecule has 4 rings (SSSR count). The van der Waals surface area contributed by atoms with Crippen LogP contribution < -0.4 is 0 Å². The zero-order valence-electron chi connectivity index (χ0n) is 23.1. The summed E-state index contributed by atoms with van der Waals surface area (Å²) < 4.78 is 0. The van der Waals surface area contributed by atoms with Gasteiger partial charge in [-0.3, -0.25) is 0 Å². The number of allylic oxidation sites excluding steroid dienone is 4. The Morgan fingerprint density at radius 2 is 0.971 bits per heavy atom. The van der Waals surface area contributed by atoms with Crippen LogP contribution in [0.25, 0.3) is 0 Å². The number of hydrogen-bond acceptors (Lipinski definition) is 0. The standard InChI is InChI=1S/C34H58/c1-3-5-6-8-28-15-19-31(20-16-28)33-23-25-34(26-24-33)32-21-17-30(18-22-32)14-13-29-11-9-27(7-4-2)10-12-29/h13-14,23,25,27-34H,3-12,15-22,24,26H2,1-2H3. The zero-order chi connectivity index (χ0) is 23.6. The Labute approximate surface area is 213 Å². The van der Waals surface area contributed by atoms with Crippen LogP contribution in [0, 0.1) is 47.3 Å². The lowest BCUT2D eigenvalue weighted by Crippen LogP contribution is -2.26. The highest BCUT2D eigenvalue weighted by Gasteiger charge is 2.31. The van der Waals surface area contributed by atoms with E-state index < -0.39 is 0 Å². The largest absolute Gasteiger partial charge is 0.0851 e. The topological polar surface area (TPSA) is 0 Å². The maximum absolute atomic E-state index is 2.71. The van der Waals surface area contributed by atoms with Gasteiger partial charge in [-0.05, 0) is 124 Å². The summed E-state index contributed by atoms with van der Waals surface area (Å²) in [6.07, 6.45) is 40.3. The van der Waals surface area contributed by atoms with Crippen LogP contribution in [-0.4, -0.2) is 0 Å². The van der Waals surface area contributed by atoms with Crippen molar-refractivity contribution < 1.29 is 0 Å². The predicted octanol–water partition coefficient (Wildman–Crippen LogP) is 10.9. The van der Waals surface area contributed by atoms with Crippen molar-refractivity contribution in [3.05, 3.63) is 24.3 Å². The molecule has 0 bridgehead atoms. The van der Waals surface area contributed by atoms with Crippen LogP contribution in [0.2, 0.25) is 0 Å². The maximum Gasteiger partial charge on any atom is -0.0205 e. The van der Waals surface area contributed by atoms with Crippen molar-refractivity contribution in [1.82, 2.24) is 0 Å². The molecule has 0 radical (unpaired) electrons. The van der Waals surface area contributed by atoms with Crippen molar-refractivity contribution in [2.75, 3.05) is 0 Å². The molecular formula is C34H58. The highest BCUT2D eigenvalue weighted by atomic mass is 14.4. The summed E-state index contributed by atoms with van der Waals surface area (Å²) in [6, 6.07) is 0. The lowest BCUT2D eigenvalue weighted by molar-refractivity contribution is 0.184. The molecule has 4 aliphatic carbocycles. The fraction of sp³-hybridized carbons (Fsp3) is 0.882. The van der Waals surface area contributed by atoms with Crippen LogP contribution >= 0.6 is 0 Å². The van der Waals surface area contributed by atoms with Crippen LogP contribution in [-0.2, 0) is 0 Å². The molecule has 4 aliphatic rings. The summed E-state index contributed by atoms with van der Waals surface area (Å²) in [5.41, 5.74) is 0. The first kappa shape index (κ1) is 26.5. The van der Waals surface area contributed by atoms with E-state index in [9.17, 15) is 0 Å². The highest BCUT2D eigenvalue weighted by Crippen LogP contribution is 2.44. The molecule has 3 fully saturated rings. The van der Waals surface area contributed by atoms with Crippen LogP contribution in [0.3, 0.4) is 0 Å². The van der Waals surface area contributed by atoms with E-state index in [4.69, 9.17) is 0 Å². The van der Waals surface area contributed by atoms with Gasteiger partial charge in [0, 0.05) is 0 Å². The second-order valence-corrected chi connectivity index (χ2v) is 13.2. The van der Waals surface area contributed by atoms with Crippen LogP contribution in [0.15, 0.2) is 24.3 Å². The van der Waals surface area contributed by atoms with Gasteiger partial charge in [-0.2, -0.15) is 0 Å². The smallest absolute Gasteiger partial charge is 0.0205 e. The normalized spacial score (nSPS) is 39.5. The molecule has 2 atom stereocenters. The van der Waals surface area contributed by atoms with Crippen molar-refractivity contribution in [1.29, 1.82) is 0 Å². The Morgan fingerprint density at radius 1 is 0.500 bits per heavy atom. The van der Waals surface area contributed by atoms with E-state index in [1.807, 2.05) is 0 Å². The minimum Gasteiger partial charge on any atom is -0.0851 e. The predicted molar refractivity (Wildman–Crippen MR) is 150 cm³/mol. The molecule has 0 N–H and O–H groups in total. The summed E-state index contributed by atoms with van der Waals surface area (Å²) >= 11 is 0. The fourth-order valence-electron chi connectivity index (χ4n) is 8.39. The Balaban J connectivity index is 1.12. The minimum atomic E-state index is 0.887. The maximum atomic E-state index is 2.71. The van der Waals surface area contributed by atoms with Gasteiger partial charge in [-0.25, -0.2) is 0 Å². The first-order chi connectivity index (χ1) is 16.7. The molecule has 0 amide bonds. The van der Waals surface area contributed by atoms with Gasteiger partial charge in [0.1, 0.15) is 0 Å². The molecule has 0 aliphatic heterocycles. The molecule has 34 heavy (non-hydrogen) atoms. The Bertz CT molecular complexity index is 590. The van der Waals surface area contributed by atoms with Crippen molar-refractivity contribution in [3.63, 3.8) is 0 Å². The van der Waals surface area contributed by atoms with Crippen molar-refractivity contribution in [3.8, 4) is 0 Å².